The van der Waals surface area contributed by atoms with Crippen LogP contribution in [0.1, 0.15) is 24.3 Å². The van der Waals surface area contributed by atoms with Gasteiger partial charge in [-0.05, 0) is 49.5 Å². The number of rotatable bonds is 2. The molecule has 1 saturated heterocycles. The van der Waals surface area contributed by atoms with Crippen LogP contribution in [-0.2, 0) is 9.84 Å². The molecule has 1 N–H and O–H groups in total. The van der Waals surface area contributed by atoms with E-state index in [4.69, 9.17) is 0 Å². The van der Waals surface area contributed by atoms with E-state index in [9.17, 15) is 17.2 Å². The maximum Gasteiger partial charge on any atom is 0.175 e. The number of hydrogen-bond donors (Lipinski definition) is 1. The van der Waals surface area contributed by atoms with Crippen LogP contribution in [0.5, 0.6) is 0 Å². The van der Waals surface area contributed by atoms with Crippen molar-refractivity contribution in [3.63, 3.8) is 0 Å². The van der Waals surface area contributed by atoms with Crippen molar-refractivity contribution in [3.05, 3.63) is 29.3 Å². The second kappa shape index (κ2) is 4.93. The lowest BCUT2D eigenvalue weighted by atomic mass is 9.90. The first-order valence-corrected chi connectivity index (χ1v) is 7.68. The van der Waals surface area contributed by atoms with E-state index in [2.05, 4.69) is 5.32 Å². The van der Waals surface area contributed by atoms with E-state index in [1.807, 2.05) is 0 Å². The van der Waals surface area contributed by atoms with E-state index >= 15 is 0 Å². The molecular formula is C12H15F2NO2S. The lowest BCUT2D eigenvalue weighted by molar-refractivity contribution is 0.427. The molecule has 0 amide bonds. The molecule has 1 heterocycles. The van der Waals surface area contributed by atoms with Gasteiger partial charge in [0.05, 0.1) is 4.90 Å². The SMILES string of the molecule is CS(=O)(=O)c1cc(F)c(F)c(C2CCNCC2)c1. The summed E-state index contributed by atoms with van der Waals surface area (Å²) >= 11 is 0. The molecule has 1 aromatic rings. The predicted molar refractivity (Wildman–Crippen MR) is 64.3 cm³/mol. The maximum atomic E-state index is 13.8. The second-order valence-corrected chi connectivity index (χ2v) is 6.62. The highest BCUT2D eigenvalue weighted by atomic mass is 32.2. The lowest BCUT2D eigenvalue weighted by Gasteiger charge is -2.23. The molecule has 0 aliphatic carbocycles. The van der Waals surface area contributed by atoms with Gasteiger partial charge in [0.15, 0.2) is 21.5 Å². The van der Waals surface area contributed by atoms with E-state index in [-0.39, 0.29) is 16.4 Å². The fourth-order valence-corrected chi connectivity index (χ4v) is 2.89. The Hall–Kier alpha value is -1.01. The average molecular weight is 275 g/mol. The first-order valence-electron chi connectivity index (χ1n) is 5.79. The standard InChI is InChI=1S/C12H15F2NO2S/c1-18(16,17)9-6-10(12(14)11(13)7-9)8-2-4-15-5-3-8/h6-8,15H,2-5H2,1H3. The summed E-state index contributed by atoms with van der Waals surface area (Å²) in [4.78, 5) is -0.157. The van der Waals surface area contributed by atoms with Gasteiger partial charge in [-0.3, -0.25) is 0 Å². The molecule has 1 aromatic carbocycles. The third kappa shape index (κ3) is 2.70. The van der Waals surface area contributed by atoms with Crippen molar-refractivity contribution in [1.82, 2.24) is 5.32 Å². The Labute approximate surface area is 105 Å². The molecule has 3 nitrogen and oxygen atoms in total. The summed E-state index contributed by atoms with van der Waals surface area (Å²) in [6.45, 7) is 1.46. The van der Waals surface area contributed by atoms with Crippen LogP contribution < -0.4 is 5.32 Å². The first-order chi connectivity index (χ1) is 8.39. The van der Waals surface area contributed by atoms with Gasteiger partial charge in [0.1, 0.15) is 0 Å². The van der Waals surface area contributed by atoms with E-state index in [0.717, 1.165) is 25.4 Å². The third-order valence-electron chi connectivity index (χ3n) is 3.24. The van der Waals surface area contributed by atoms with Crippen LogP contribution in [0, 0.1) is 11.6 Å². The molecule has 0 aromatic heterocycles. The summed E-state index contributed by atoms with van der Waals surface area (Å²) in [6, 6.07) is 2.01. The molecule has 0 atom stereocenters. The van der Waals surface area contributed by atoms with Gasteiger partial charge in [-0.15, -0.1) is 0 Å². The van der Waals surface area contributed by atoms with Crippen molar-refractivity contribution in [2.45, 2.75) is 23.7 Å². The molecule has 0 saturated carbocycles. The van der Waals surface area contributed by atoms with Gasteiger partial charge >= 0.3 is 0 Å². The zero-order chi connectivity index (χ0) is 13.3. The van der Waals surface area contributed by atoms with Crippen LogP contribution >= 0.6 is 0 Å². The van der Waals surface area contributed by atoms with Gasteiger partial charge in [0.2, 0.25) is 0 Å². The fraction of sp³-hybridized carbons (Fsp3) is 0.500. The van der Waals surface area contributed by atoms with Crippen LogP contribution in [0.4, 0.5) is 8.78 Å². The Morgan fingerprint density at radius 1 is 1.22 bits per heavy atom. The van der Waals surface area contributed by atoms with Gasteiger partial charge < -0.3 is 5.32 Å². The summed E-state index contributed by atoms with van der Waals surface area (Å²) in [5.41, 5.74) is 0.178. The van der Waals surface area contributed by atoms with E-state index in [1.165, 1.54) is 6.07 Å². The Kier molecular flexibility index (Phi) is 3.68. The number of halogens is 2. The van der Waals surface area contributed by atoms with Gasteiger partial charge in [-0.1, -0.05) is 0 Å². The largest absolute Gasteiger partial charge is 0.317 e. The van der Waals surface area contributed by atoms with Crippen LogP contribution in [0.25, 0.3) is 0 Å². The minimum Gasteiger partial charge on any atom is -0.317 e. The quantitative estimate of drug-likeness (QED) is 0.838. The molecule has 6 heteroatoms. The van der Waals surface area contributed by atoms with Crippen molar-refractivity contribution >= 4 is 9.84 Å². The summed E-state index contributed by atoms with van der Waals surface area (Å²) < 4.78 is 50.1. The highest BCUT2D eigenvalue weighted by molar-refractivity contribution is 7.90. The Morgan fingerprint density at radius 3 is 2.39 bits per heavy atom. The molecular weight excluding hydrogens is 260 g/mol. The summed E-state index contributed by atoms with van der Waals surface area (Å²) in [5.74, 6) is -2.14. The van der Waals surface area contributed by atoms with Crippen molar-refractivity contribution in [1.29, 1.82) is 0 Å². The molecule has 0 unspecified atom stereocenters. The normalized spacial score (nSPS) is 17.9. The third-order valence-corrected chi connectivity index (χ3v) is 4.33. The van der Waals surface area contributed by atoms with E-state index < -0.39 is 21.5 Å². The van der Waals surface area contributed by atoms with Crippen LogP contribution in [0.3, 0.4) is 0 Å². The van der Waals surface area contributed by atoms with Crippen LogP contribution in [0.2, 0.25) is 0 Å². The minimum absolute atomic E-state index is 0.123. The Morgan fingerprint density at radius 2 is 1.83 bits per heavy atom. The predicted octanol–water partition coefficient (Wildman–Crippen LogP) is 1.84. The van der Waals surface area contributed by atoms with Gasteiger partial charge in [-0.2, -0.15) is 0 Å². The monoisotopic (exact) mass is 275 g/mol. The van der Waals surface area contributed by atoms with Crippen LogP contribution in [0.15, 0.2) is 17.0 Å². The summed E-state index contributed by atoms with van der Waals surface area (Å²) in [6.07, 6.45) is 2.36. The van der Waals surface area contributed by atoms with Gasteiger partial charge in [0, 0.05) is 6.26 Å². The van der Waals surface area contributed by atoms with Crippen molar-refractivity contribution in [2.24, 2.45) is 0 Å². The van der Waals surface area contributed by atoms with Crippen molar-refractivity contribution < 1.29 is 17.2 Å². The summed E-state index contributed by atoms with van der Waals surface area (Å²) in [7, 11) is -3.53. The maximum absolute atomic E-state index is 13.8. The number of sulfone groups is 1. The van der Waals surface area contributed by atoms with E-state index in [1.54, 1.807) is 0 Å². The molecule has 2 rings (SSSR count). The molecule has 0 radical (unpaired) electrons. The smallest absolute Gasteiger partial charge is 0.175 e. The highest BCUT2D eigenvalue weighted by Crippen LogP contribution is 2.30. The molecule has 0 bridgehead atoms. The summed E-state index contributed by atoms with van der Waals surface area (Å²) in [5, 5.41) is 3.13. The molecule has 1 aliphatic rings. The van der Waals surface area contributed by atoms with E-state index in [0.29, 0.717) is 12.8 Å². The van der Waals surface area contributed by atoms with Crippen molar-refractivity contribution in [3.8, 4) is 0 Å². The van der Waals surface area contributed by atoms with Gasteiger partial charge in [0.25, 0.3) is 0 Å². The topological polar surface area (TPSA) is 46.2 Å². The Balaban J connectivity index is 2.48. The fourth-order valence-electron chi connectivity index (χ4n) is 2.23. The molecule has 0 spiro atoms. The van der Waals surface area contributed by atoms with Gasteiger partial charge in [-0.25, -0.2) is 17.2 Å². The first kappa shape index (κ1) is 13.4. The molecule has 18 heavy (non-hydrogen) atoms. The average Bonchev–Trinajstić information content (AvgIpc) is 2.32. The van der Waals surface area contributed by atoms with Crippen LogP contribution in [-0.4, -0.2) is 27.8 Å². The zero-order valence-electron chi connectivity index (χ0n) is 10.0. The number of piperidine rings is 1. The molecule has 1 aliphatic heterocycles. The number of hydrogen-bond acceptors (Lipinski definition) is 3. The minimum atomic E-state index is -3.53. The second-order valence-electron chi connectivity index (χ2n) is 4.60. The Bertz CT molecular complexity index is 551. The molecule has 1 fully saturated rings. The number of nitrogens with one attached hydrogen (secondary N) is 1. The molecule has 100 valence electrons. The lowest BCUT2D eigenvalue weighted by Crippen LogP contribution is -2.27. The zero-order valence-corrected chi connectivity index (χ0v) is 10.9. The van der Waals surface area contributed by atoms with Crippen molar-refractivity contribution in [2.75, 3.05) is 19.3 Å². The highest BCUT2D eigenvalue weighted by Gasteiger charge is 2.23. The number of benzene rings is 1.